The van der Waals surface area contributed by atoms with Crippen LogP contribution < -0.4 is 16.6 Å². The Morgan fingerprint density at radius 1 is 0.969 bits per heavy atom. The normalized spacial score (nSPS) is 31.6. The zero-order valence-corrected chi connectivity index (χ0v) is 18.2. The van der Waals surface area contributed by atoms with Crippen LogP contribution in [0.2, 0.25) is 0 Å². The predicted molar refractivity (Wildman–Crippen MR) is 115 cm³/mol. The van der Waals surface area contributed by atoms with Gasteiger partial charge in [-0.2, -0.15) is 0 Å². The summed E-state index contributed by atoms with van der Waals surface area (Å²) >= 11 is 0. The van der Waals surface area contributed by atoms with Gasteiger partial charge in [-0.25, -0.2) is 4.79 Å². The highest BCUT2D eigenvalue weighted by Crippen LogP contribution is 2.58. The molecular weight excluding hydrogens is 414 g/mol. The molecule has 1 aromatic heterocycles. The molecular formula is C23H31N3O6. The first-order chi connectivity index (χ1) is 15.3. The molecule has 5 aliphatic rings. The number of hydrogen-bond acceptors (Lipinski definition) is 5. The topological polar surface area (TPSA) is 131 Å². The van der Waals surface area contributed by atoms with Crippen LogP contribution in [-0.2, 0) is 10.3 Å². The lowest BCUT2D eigenvalue weighted by atomic mass is 9.53. The summed E-state index contributed by atoms with van der Waals surface area (Å²) in [4.78, 5) is 51.2. The summed E-state index contributed by atoms with van der Waals surface area (Å²) in [6.07, 6.45) is 9.91. The van der Waals surface area contributed by atoms with E-state index in [-0.39, 0.29) is 6.04 Å². The lowest BCUT2D eigenvalue weighted by molar-refractivity contribution is -0.135. The molecule has 1 aromatic rings. The number of carbonyl (C=O) groups is 2. The molecule has 0 aliphatic heterocycles. The number of carboxylic acid groups (broad SMARTS) is 1. The minimum Gasteiger partial charge on any atom is -0.494 e. The van der Waals surface area contributed by atoms with Crippen LogP contribution in [0.1, 0.15) is 87.0 Å². The van der Waals surface area contributed by atoms with Crippen molar-refractivity contribution in [3.63, 3.8) is 0 Å². The second-order valence-corrected chi connectivity index (χ2v) is 10.5. The van der Waals surface area contributed by atoms with Crippen molar-refractivity contribution >= 4 is 11.9 Å². The van der Waals surface area contributed by atoms with Gasteiger partial charge in [-0.3, -0.25) is 23.5 Å². The summed E-state index contributed by atoms with van der Waals surface area (Å²) < 4.78 is 2.55. The van der Waals surface area contributed by atoms with Crippen molar-refractivity contribution in [2.45, 2.75) is 82.2 Å². The van der Waals surface area contributed by atoms with Crippen molar-refractivity contribution in [1.29, 1.82) is 0 Å². The van der Waals surface area contributed by atoms with Crippen LogP contribution in [0, 0.1) is 17.8 Å². The van der Waals surface area contributed by atoms with Crippen molar-refractivity contribution < 1.29 is 19.8 Å². The second-order valence-electron chi connectivity index (χ2n) is 10.5. The van der Waals surface area contributed by atoms with E-state index in [0.717, 1.165) is 57.8 Å². The summed E-state index contributed by atoms with van der Waals surface area (Å²) in [5.41, 5.74) is -2.43. The van der Waals surface area contributed by atoms with Gasteiger partial charge in [0.1, 0.15) is 6.54 Å². The van der Waals surface area contributed by atoms with Gasteiger partial charge in [-0.05, 0) is 69.1 Å². The molecule has 5 aliphatic carbocycles. The average Bonchev–Trinajstić information content (AvgIpc) is 2.71. The summed E-state index contributed by atoms with van der Waals surface area (Å²) in [6.45, 7) is -0.669. The molecule has 3 N–H and O–H groups in total. The first-order valence-electron chi connectivity index (χ1n) is 11.9. The molecule has 1 heterocycles. The zero-order valence-electron chi connectivity index (χ0n) is 18.2. The van der Waals surface area contributed by atoms with Crippen molar-refractivity contribution in [2.75, 3.05) is 6.54 Å². The van der Waals surface area contributed by atoms with Gasteiger partial charge >= 0.3 is 11.7 Å². The van der Waals surface area contributed by atoms with E-state index < -0.39 is 46.7 Å². The highest BCUT2D eigenvalue weighted by atomic mass is 16.4. The zero-order chi connectivity index (χ0) is 22.6. The van der Waals surface area contributed by atoms with Gasteiger partial charge < -0.3 is 15.5 Å². The maximum atomic E-state index is 13.8. The molecule has 0 radical (unpaired) electrons. The maximum absolute atomic E-state index is 13.8. The van der Waals surface area contributed by atoms with Crippen LogP contribution in [0.3, 0.4) is 0 Å². The number of carboxylic acids is 1. The fourth-order valence-corrected chi connectivity index (χ4v) is 7.48. The quantitative estimate of drug-likeness (QED) is 0.635. The molecule has 6 rings (SSSR count). The van der Waals surface area contributed by atoms with Gasteiger partial charge in [0.15, 0.2) is 5.56 Å². The van der Waals surface area contributed by atoms with E-state index in [4.69, 9.17) is 5.11 Å². The van der Waals surface area contributed by atoms with Crippen LogP contribution in [0.15, 0.2) is 9.59 Å². The van der Waals surface area contributed by atoms with Crippen LogP contribution in [-0.4, -0.2) is 37.8 Å². The Hall–Kier alpha value is -2.58. The van der Waals surface area contributed by atoms with Crippen LogP contribution in [0.25, 0.3) is 0 Å². The number of aromatic hydroxyl groups is 1. The Kier molecular flexibility index (Phi) is 5.17. The van der Waals surface area contributed by atoms with Crippen LogP contribution >= 0.6 is 0 Å². The Balaban J connectivity index is 1.68. The molecule has 0 unspecified atom stereocenters. The summed E-state index contributed by atoms with van der Waals surface area (Å²) in [6, 6.07) is -0.275. The van der Waals surface area contributed by atoms with E-state index in [0.29, 0.717) is 30.6 Å². The van der Waals surface area contributed by atoms with Gasteiger partial charge in [-0.1, -0.05) is 19.3 Å². The maximum Gasteiger partial charge on any atom is 0.334 e. The summed E-state index contributed by atoms with van der Waals surface area (Å²) in [5, 5.41) is 22.1. The average molecular weight is 446 g/mol. The van der Waals surface area contributed by atoms with E-state index in [1.54, 1.807) is 0 Å². The summed E-state index contributed by atoms with van der Waals surface area (Å²) in [7, 11) is 0. The molecule has 0 atom stereocenters. The second kappa shape index (κ2) is 7.78. The van der Waals surface area contributed by atoms with Crippen molar-refractivity contribution in [3.05, 3.63) is 26.4 Å². The highest BCUT2D eigenvalue weighted by Gasteiger charge is 2.53. The van der Waals surface area contributed by atoms with E-state index in [9.17, 15) is 24.3 Å². The molecule has 32 heavy (non-hydrogen) atoms. The van der Waals surface area contributed by atoms with Gasteiger partial charge in [0.2, 0.25) is 5.88 Å². The predicted octanol–water partition coefficient (Wildman–Crippen LogP) is 1.96. The fourth-order valence-electron chi connectivity index (χ4n) is 7.48. The lowest BCUT2D eigenvalue weighted by Gasteiger charge is -2.57. The number of nitrogens with one attached hydrogen (secondary N) is 1. The van der Waals surface area contributed by atoms with Gasteiger partial charge in [0.05, 0.1) is 5.54 Å². The molecule has 9 nitrogen and oxygen atoms in total. The number of carbonyl (C=O) groups excluding carboxylic acids is 1. The smallest absolute Gasteiger partial charge is 0.334 e. The van der Waals surface area contributed by atoms with E-state index >= 15 is 0 Å². The number of amides is 1. The minimum atomic E-state index is -1.25. The minimum absolute atomic E-state index is 0.275. The fraction of sp³-hybridized carbons (Fsp3) is 0.739. The number of hydrogen-bond donors (Lipinski definition) is 3. The Bertz CT molecular complexity index is 1030. The van der Waals surface area contributed by atoms with Gasteiger partial charge in [0.25, 0.3) is 11.5 Å². The number of nitrogens with zero attached hydrogens (tertiary/aromatic N) is 2. The molecule has 4 bridgehead atoms. The standard InChI is InChI=1S/C23H31N3O6/c27-17(28)12-24-19(29)18-20(30)25(16-4-2-1-3-5-16)22(32)26(21(18)31)23-9-13-6-14(10-23)8-15(7-13)11-23/h13-16,30H,1-12H2,(H,24,29)(H,27,28). The molecule has 0 spiro atoms. The third-order valence-corrected chi connectivity index (χ3v) is 8.31. The molecule has 9 heteroatoms. The Morgan fingerprint density at radius 3 is 2.06 bits per heavy atom. The van der Waals surface area contributed by atoms with Crippen molar-refractivity contribution in [2.24, 2.45) is 17.8 Å². The summed E-state index contributed by atoms with van der Waals surface area (Å²) in [5.74, 6) is -1.38. The lowest BCUT2D eigenvalue weighted by Crippen LogP contribution is -2.60. The van der Waals surface area contributed by atoms with E-state index in [1.165, 1.54) is 9.13 Å². The Labute approximate surface area is 185 Å². The molecule has 1 amide bonds. The van der Waals surface area contributed by atoms with Crippen molar-refractivity contribution in [3.8, 4) is 5.88 Å². The largest absolute Gasteiger partial charge is 0.494 e. The third-order valence-electron chi connectivity index (χ3n) is 8.31. The van der Waals surface area contributed by atoms with Gasteiger partial charge in [-0.15, -0.1) is 0 Å². The highest BCUT2D eigenvalue weighted by molar-refractivity contribution is 5.97. The number of aliphatic carboxylic acids is 1. The first-order valence-corrected chi connectivity index (χ1v) is 11.9. The van der Waals surface area contributed by atoms with Crippen LogP contribution in [0.5, 0.6) is 5.88 Å². The molecule has 5 fully saturated rings. The van der Waals surface area contributed by atoms with Gasteiger partial charge in [0, 0.05) is 6.04 Å². The SMILES string of the molecule is O=C(O)CNC(=O)c1c(O)n(C2CCCCC2)c(=O)n(C23CC4CC(CC(C4)C2)C3)c1=O. The molecule has 0 aromatic carbocycles. The molecule has 0 saturated heterocycles. The first kappa shape index (κ1) is 21.3. The Morgan fingerprint density at radius 2 is 1.53 bits per heavy atom. The van der Waals surface area contributed by atoms with Crippen LogP contribution in [0.4, 0.5) is 0 Å². The third kappa shape index (κ3) is 3.36. The number of rotatable bonds is 5. The van der Waals surface area contributed by atoms with E-state index in [1.807, 2.05) is 0 Å². The molecule has 174 valence electrons. The molecule has 5 saturated carbocycles. The van der Waals surface area contributed by atoms with Crippen molar-refractivity contribution in [1.82, 2.24) is 14.5 Å². The van der Waals surface area contributed by atoms with E-state index in [2.05, 4.69) is 5.32 Å². The monoisotopic (exact) mass is 445 g/mol. The number of aromatic nitrogens is 2.